The summed E-state index contributed by atoms with van der Waals surface area (Å²) in [7, 11) is 0. The molecule has 0 spiro atoms. The van der Waals surface area contributed by atoms with E-state index in [-0.39, 0.29) is 12.4 Å². The van der Waals surface area contributed by atoms with Gasteiger partial charge < -0.3 is 4.74 Å². The Morgan fingerprint density at radius 2 is 1.83 bits per heavy atom. The van der Waals surface area contributed by atoms with Crippen molar-refractivity contribution in [3.05, 3.63) is 0 Å². The largest absolute Gasteiger partial charge is 0.381 e. The summed E-state index contributed by atoms with van der Waals surface area (Å²) in [6.07, 6.45) is 0. The van der Waals surface area contributed by atoms with Crippen molar-refractivity contribution in [2.24, 2.45) is 5.92 Å². The first-order valence-corrected chi connectivity index (χ1v) is 1.97. The molecule has 0 aromatic carbocycles. The second kappa shape index (κ2) is 2.43. The van der Waals surface area contributed by atoms with E-state index in [0.29, 0.717) is 0 Å². The van der Waals surface area contributed by atoms with Crippen molar-refractivity contribution in [3.8, 4) is 0 Å². The molecule has 1 heterocycles. The molecule has 0 atom stereocenters. The first-order valence-electron chi connectivity index (χ1n) is 1.97. The van der Waals surface area contributed by atoms with E-state index < -0.39 is 0 Å². The predicted molar refractivity (Wildman–Crippen MR) is 27.2 cm³/mol. The molecule has 0 amide bonds. The van der Waals surface area contributed by atoms with E-state index in [4.69, 9.17) is 4.74 Å². The highest BCUT2D eigenvalue weighted by molar-refractivity contribution is 5.85. The molecule has 1 saturated heterocycles. The van der Waals surface area contributed by atoms with Crippen LogP contribution in [-0.4, -0.2) is 13.2 Å². The Morgan fingerprint density at radius 1 is 1.50 bits per heavy atom. The van der Waals surface area contributed by atoms with Gasteiger partial charge in [-0.2, -0.15) is 0 Å². The SMILES string of the molecule is CC1COC1.Cl. The van der Waals surface area contributed by atoms with Crippen LogP contribution in [0.3, 0.4) is 0 Å². The molecular weight excluding hydrogens is 99.5 g/mol. The van der Waals surface area contributed by atoms with Crippen molar-refractivity contribution in [1.82, 2.24) is 0 Å². The predicted octanol–water partition coefficient (Wildman–Crippen LogP) is 1.07. The minimum Gasteiger partial charge on any atom is -0.381 e. The number of ether oxygens (including phenoxy) is 1. The van der Waals surface area contributed by atoms with Gasteiger partial charge in [-0.3, -0.25) is 0 Å². The molecule has 0 radical (unpaired) electrons. The van der Waals surface area contributed by atoms with Crippen LogP contribution in [0.5, 0.6) is 0 Å². The molecule has 0 aromatic rings. The van der Waals surface area contributed by atoms with Crippen LogP contribution in [0, 0.1) is 5.92 Å². The quantitative estimate of drug-likeness (QED) is 0.451. The molecule has 0 saturated carbocycles. The summed E-state index contributed by atoms with van der Waals surface area (Å²) < 4.78 is 4.83. The van der Waals surface area contributed by atoms with Crippen LogP contribution >= 0.6 is 12.4 Å². The zero-order valence-electron chi connectivity index (χ0n) is 3.81. The standard InChI is InChI=1S/C4H8O.ClH/c1-4-2-5-3-4;/h4H,2-3H2,1H3;1H. The summed E-state index contributed by atoms with van der Waals surface area (Å²) in [5.74, 6) is 0.843. The molecule has 6 heavy (non-hydrogen) atoms. The lowest BCUT2D eigenvalue weighted by Gasteiger charge is -2.20. The Kier molecular flexibility index (Phi) is 2.53. The summed E-state index contributed by atoms with van der Waals surface area (Å²) in [6.45, 7) is 4.16. The summed E-state index contributed by atoms with van der Waals surface area (Å²) in [5.41, 5.74) is 0. The molecule has 38 valence electrons. The smallest absolute Gasteiger partial charge is 0.0513 e. The van der Waals surface area contributed by atoms with Crippen LogP contribution in [0.15, 0.2) is 0 Å². The average molecular weight is 109 g/mol. The highest BCUT2D eigenvalue weighted by atomic mass is 35.5. The Balaban J connectivity index is 0.000000250. The zero-order valence-corrected chi connectivity index (χ0v) is 4.62. The van der Waals surface area contributed by atoms with Gasteiger partial charge in [0.25, 0.3) is 0 Å². The topological polar surface area (TPSA) is 9.23 Å². The molecule has 0 unspecified atom stereocenters. The molecule has 1 nitrogen and oxygen atoms in total. The van der Waals surface area contributed by atoms with Gasteiger partial charge in [0.2, 0.25) is 0 Å². The molecule has 0 bridgehead atoms. The highest BCUT2D eigenvalue weighted by Gasteiger charge is 2.09. The maximum absolute atomic E-state index is 4.83. The van der Waals surface area contributed by atoms with Crippen molar-refractivity contribution in [2.75, 3.05) is 13.2 Å². The Hall–Kier alpha value is 0.250. The Labute approximate surface area is 44.1 Å². The van der Waals surface area contributed by atoms with Gasteiger partial charge in [-0.15, -0.1) is 12.4 Å². The monoisotopic (exact) mass is 108 g/mol. The lowest BCUT2D eigenvalue weighted by atomic mass is 10.2. The second-order valence-corrected chi connectivity index (χ2v) is 1.64. The van der Waals surface area contributed by atoms with Crippen LogP contribution in [0.1, 0.15) is 6.92 Å². The molecule has 1 fully saturated rings. The molecule has 0 aliphatic carbocycles. The summed E-state index contributed by atoms with van der Waals surface area (Å²) in [6, 6.07) is 0. The van der Waals surface area contributed by atoms with Gasteiger partial charge in [-0.1, -0.05) is 6.92 Å². The summed E-state index contributed by atoms with van der Waals surface area (Å²) in [5, 5.41) is 0. The fraction of sp³-hybridized carbons (Fsp3) is 1.00. The fourth-order valence-electron chi connectivity index (χ4n) is 0.354. The molecule has 1 aliphatic rings. The van der Waals surface area contributed by atoms with Crippen molar-refractivity contribution in [2.45, 2.75) is 6.92 Å². The van der Waals surface area contributed by atoms with E-state index >= 15 is 0 Å². The maximum Gasteiger partial charge on any atom is 0.0513 e. The maximum atomic E-state index is 4.83. The van der Waals surface area contributed by atoms with Gasteiger partial charge in [0.15, 0.2) is 0 Å². The molecule has 1 rings (SSSR count). The van der Waals surface area contributed by atoms with Gasteiger partial charge in [-0.25, -0.2) is 0 Å². The minimum atomic E-state index is 0. The van der Waals surface area contributed by atoms with Gasteiger partial charge in [0.05, 0.1) is 13.2 Å². The van der Waals surface area contributed by atoms with Crippen LogP contribution in [-0.2, 0) is 4.74 Å². The van der Waals surface area contributed by atoms with E-state index in [1.54, 1.807) is 0 Å². The molecule has 0 N–H and O–H groups in total. The highest BCUT2D eigenvalue weighted by Crippen LogP contribution is 2.05. The number of rotatable bonds is 0. The number of hydrogen-bond donors (Lipinski definition) is 0. The van der Waals surface area contributed by atoms with E-state index in [2.05, 4.69) is 6.92 Å². The van der Waals surface area contributed by atoms with Crippen LogP contribution in [0.2, 0.25) is 0 Å². The summed E-state index contributed by atoms with van der Waals surface area (Å²) in [4.78, 5) is 0. The fourth-order valence-corrected chi connectivity index (χ4v) is 0.354. The first kappa shape index (κ1) is 6.25. The molecular formula is C4H9ClO. The van der Waals surface area contributed by atoms with E-state index in [9.17, 15) is 0 Å². The molecule has 0 aromatic heterocycles. The zero-order chi connectivity index (χ0) is 3.70. The van der Waals surface area contributed by atoms with Crippen molar-refractivity contribution in [1.29, 1.82) is 0 Å². The number of hydrogen-bond acceptors (Lipinski definition) is 1. The normalized spacial score (nSPS) is 21.5. The van der Waals surface area contributed by atoms with E-state index in [1.807, 2.05) is 0 Å². The van der Waals surface area contributed by atoms with Crippen LogP contribution < -0.4 is 0 Å². The lowest BCUT2D eigenvalue weighted by Crippen LogP contribution is -2.23. The van der Waals surface area contributed by atoms with Gasteiger partial charge in [-0.05, 0) is 0 Å². The third-order valence-electron chi connectivity index (χ3n) is 0.805. The van der Waals surface area contributed by atoms with Crippen LogP contribution in [0.4, 0.5) is 0 Å². The lowest BCUT2D eigenvalue weighted by molar-refractivity contribution is -0.0221. The second-order valence-electron chi connectivity index (χ2n) is 1.64. The van der Waals surface area contributed by atoms with E-state index in [0.717, 1.165) is 19.1 Å². The first-order chi connectivity index (χ1) is 2.39. The van der Waals surface area contributed by atoms with Gasteiger partial charge in [0, 0.05) is 5.92 Å². The van der Waals surface area contributed by atoms with Crippen molar-refractivity contribution in [3.63, 3.8) is 0 Å². The van der Waals surface area contributed by atoms with Crippen molar-refractivity contribution < 1.29 is 4.74 Å². The van der Waals surface area contributed by atoms with Crippen LogP contribution in [0.25, 0.3) is 0 Å². The molecule has 1 aliphatic heterocycles. The van der Waals surface area contributed by atoms with E-state index in [1.165, 1.54) is 0 Å². The number of halogens is 1. The third-order valence-corrected chi connectivity index (χ3v) is 0.805. The minimum absolute atomic E-state index is 0. The van der Waals surface area contributed by atoms with Crippen molar-refractivity contribution >= 4 is 12.4 Å². The molecule has 2 heteroatoms. The Bertz CT molecular complexity index is 34.5. The van der Waals surface area contributed by atoms with Gasteiger partial charge >= 0.3 is 0 Å². The van der Waals surface area contributed by atoms with Gasteiger partial charge in [0.1, 0.15) is 0 Å². The summed E-state index contributed by atoms with van der Waals surface area (Å²) >= 11 is 0. The third kappa shape index (κ3) is 1.15. The Morgan fingerprint density at radius 3 is 1.83 bits per heavy atom. The average Bonchev–Trinajstić information content (AvgIpc) is 1.30.